The summed E-state index contributed by atoms with van der Waals surface area (Å²) in [5.41, 5.74) is 0.355. The molecule has 34 heavy (non-hydrogen) atoms. The second-order valence-corrected chi connectivity index (χ2v) is 11.1. The standard InChI is InChI=1S/C28H44ClN3O2/c1-5-7-17-28(27(33)34)25(32(20-30-28)18-8-6-2)19-21-9-11-22(12-10-21)26(31(3)4)23-13-15-24(29)16-14-23/h13-16,20-22,25-26H,5-12,17-19H2,1-4H3,(H,33,34). The Balaban J connectivity index is 1.70. The molecule has 1 aromatic rings. The Bertz CT molecular complexity index is 804. The van der Waals surface area contributed by atoms with Crippen LogP contribution in [0.2, 0.25) is 5.02 Å². The van der Waals surface area contributed by atoms with Crippen LogP contribution in [-0.4, -0.2) is 59.4 Å². The molecular weight excluding hydrogens is 446 g/mol. The molecule has 0 aromatic heterocycles. The summed E-state index contributed by atoms with van der Waals surface area (Å²) in [6.45, 7) is 5.22. The van der Waals surface area contributed by atoms with E-state index in [9.17, 15) is 9.90 Å². The van der Waals surface area contributed by atoms with Gasteiger partial charge in [0, 0.05) is 17.6 Å². The Hall–Kier alpha value is -1.59. The van der Waals surface area contributed by atoms with Crippen LogP contribution in [0, 0.1) is 11.8 Å². The van der Waals surface area contributed by atoms with Gasteiger partial charge in [0.15, 0.2) is 5.54 Å². The van der Waals surface area contributed by atoms with Gasteiger partial charge in [-0.1, -0.05) is 69.7 Å². The van der Waals surface area contributed by atoms with Gasteiger partial charge in [-0.25, -0.2) is 4.79 Å². The van der Waals surface area contributed by atoms with Crippen molar-refractivity contribution < 1.29 is 9.90 Å². The number of aliphatic imine (C=N–C) groups is 1. The van der Waals surface area contributed by atoms with Crippen LogP contribution >= 0.6 is 11.6 Å². The van der Waals surface area contributed by atoms with Crippen LogP contribution in [0.4, 0.5) is 0 Å². The van der Waals surface area contributed by atoms with E-state index in [1.54, 1.807) is 0 Å². The molecule has 5 nitrogen and oxygen atoms in total. The number of carbonyl (C=O) groups is 1. The van der Waals surface area contributed by atoms with Gasteiger partial charge in [-0.05, 0) is 75.7 Å². The fourth-order valence-electron chi connectivity index (χ4n) is 6.19. The number of hydrogen-bond donors (Lipinski definition) is 1. The normalized spacial score (nSPS) is 27.9. The number of unbranched alkanes of at least 4 members (excludes halogenated alkanes) is 2. The highest BCUT2D eigenvalue weighted by molar-refractivity contribution is 6.30. The molecule has 1 heterocycles. The van der Waals surface area contributed by atoms with Crippen molar-refractivity contribution in [2.24, 2.45) is 16.8 Å². The highest BCUT2D eigenvalue weighted by atomic mass is 35.5. The number of rotatable bonds is 12. The quantitative estimate of drug-likeness (QED) is 0.356. The zero-order valence-electron chi connectivity index (χ0n) is 21.5. The van der Waals surface area contributed by atoms with Crippen LogP contribution in [0.3, 0.4) is 0 Å². The molecule has 1 aromatic carbocycles. The first kappa shape index (κ1) is 27.0. The molecule has 1 N–H and O–H groups in total. The lowest BCUT2D eigenvalue weighted by Crippen LogP contribution is -2.52. The molecule has 1 aliphatic carbocycles. The fourth-order valence-corrected chi connectivity index (χ4v) is 6.32. The average Bonchev–Trinajstić information content (AvgIpc) is 3.17. The minimum Gasteiger partial charge on any atom is -0.479 e. The monoisotopic (exact) mass is 489 g/mol. The fraction of sp³-hybridized carbons (Fsp3) is 0.714. The summed E-state index contributed by atoms with van der Waals surface area (Å²) in [4.78, 5) is 21.8. The van der Waals surface area contributed by atoms with E-state index < -0.39 is 11.5 Å². The average molecular weight is 490 g/mol. The van der Waals surface area contributed by atoms with Gasteiger partial charge in [0.1, 0.15) is 0 Å². The molecule has 0 saturated heterocycles. The summed E-state index contributed by atoms with van der Waals surface area (Å²) < 4.78 is 0. The van der Waals surface area contributed by atoms with Crippen LogP contribution in [0.1, 0.15) is 89.7 Å². The summed E-state index contributed by atoms with van der Waals surface area (Å²) in [6.07, 6.45) is 12.2. The smallest absolute Gasteiger partial charge is 0.333 e. The third kappa shape index (κ3) is 6.15. The van der Waals surface area contributed by atoms with E-state index in [0.29, 0.717) is 24.3 Å². The predicted octanol–water partition coefficient (Wildman–Crippen LogP) is 6.67. The van der Waals surface area contributed by atoms with Gasteiger partial charge < -0.3 is 14.9 Å². The van der Waals surface area contributed by atoms with Crippen molar-refractivity contribution in [2.45, 2.75) is 95.7 Å². The minimum atomic E-state index is -0.976. The highest BCUT2D eigenvalue weighted by Crippen LogP contribution is 2.43. The van der Waals surface area contributed by atoms with Crippen molar-refractivity contribution in [3.05, 3.63) is 34.9 Å². The van der Waals surface area contributed by atoms with Crippen molar-refractivity contribution in [3.63, 3.8) is 0 Å². The summed E-state index contributed by atoms with van der Waals surface area (Å²) in [6, 6.07) is 8.67. The summed E-state index contributed by atoms with van der Waals surface area (Å²) in [5.74, 6) is 0.415. The second kappa shape index (κ2) is 12.4. The second-order valence-electron chi connectivity index (χ2n) is 10.7. The van der Waals surface area contributed by atoms with Crippen LogP contribution in [-0.2, 0) is 4.79 Å². The maximum atomic E-state index is 12.5. The molecule has 0 spiro atoms. The topological polar surface area (TPSA) is 56.1 Å². The molecule has 0 radical (unpaired) electrons. The number of carboxylic acids is 1. The molecule has 0 amide bonds. The maximum absolute atomic E-state index is 12.5. The summed E-state index contributed by atoms with van der Waals surface area (Å²) >= 11 is 6.13. The van der Waals surface area contributed by atoms with Crippen molar-refractivity contribution in [2.75, 3.05) is 20.6 Å². The first-order chi connectivity index (χ1) is 16.3. The lowest BCUT2D eigenvalue weighted by Gasteiger charge is -2.41. The number of aliphatic carboxylic acids is 1. The largest absolute Gasteiger partial charge is 0.479 e. The number of carboxylic acid groups (broad SMARTS) is 1. The van der Waals surface area contributed by atoms with Crippen molar-refractivity contribution >= 4 is 23.9 Å². The number of benzene rings is 1. The van der Waals surface area contributed by atoms with Gasteiger partial charge in [-0.2, -0.15) is 0 Å². The van der Waals surface area contributed by atoms with E-state index >= 15 is 0 Å². The molecule has 3 unspecified atom stereocenters. The molecule has 1 fully saturated rings. The Morgan fingerprint density at radius 3 is 2.35 bits per heavy atom. The zero-order valence-corrected chi connectivity index (χ0v) is 22.3. The van der Waals surface area contributed by atoms with Crippen molar-refractivity contribution in [3.8, 4) is 0 Å². The van der Waals surface area contributed by atoms with Gasteiger partial charge in [-0.3, -0.25) is 4.99 Å². The van der Waals surface area contributed by atoms with E-state index in [2.05, 4.69) is 54.9 Å². The lowest BCUT2D eigenvalue weighted by molar-refractivity contribution is -0.145. The molecule has 1 aliphatic heterocycles. The Labute approximate surface area is 211 Å². The SMILES string of the molecule is CCCCN1C=NC(CCCC)(C(=O)O)C1CC1CCC(C(c2ccc(Cl)cc2)N(C)C)CC1. The molecule has 6 heteroatoms. The van der Waals surface area contributed by atoms with Crippen molar-refractivity contribution in [1.29, 1.82) is 0 Å². The lowest BCUT2D eigenvalue weighted by atomic mass is 9.72. The van der Waals surface area contributed by atoms with Gasteiger partial charge in [-0.15, -0.1) is 0 Å². The van der Waals surface area contributed by atoms with Crippen molar-refractivity contribution in [1.82, 2.24) is 9.80 Å². The zero-order chi connectivity index (χ0) is 24.7. The van der Waals surface area contributed by atoms with E-state index in [-0.39, 0.29) is 6.04 Å². The first-order valence-electron chi connectivity index (χ1n) is 13.3. The summed E-state index contributed by atoms with van der Waals surface area (Å²) in [5, 5.41) is 11.1. The van der Waals surface area contributed by atoms with Crippen LogP contribution < -0.4 is 0 Å². The Kier molecular flexibility index (Phi) is 9.84. The predicted molar refractivity (Wildman–Crippen MR) is 142 cm³/mol. The van der Waals surface area contributed by atoms with Gasteiger partial charge in [0.2, 0.25) is 0 Å². The molecule has 190 valence electrons. The van der Waals surface area contributed by atoms with Gasteiger partial charge >= 0.3 is 5.97 Å². The van der Waals surface area contributed by atoms with E-state index in [4.69, 9.17) is 11.6 Å². The molecule has 3 atom stereocenters. The molecule has 0 bridgehead atoms. The molecule has 1 saturated carbocycles. The van der Waals surface area contributed by atoms with Gasteiger partial charge in [0.05, 0.1) is 12.4 Å². The summed E-state index contributed by atoms with van der Waals surface area (Å²) in [7, 11) is 4.34. The number of halogens is 1. The highest BCUT2D eigenvalue weighted by Gasteiger charge is 2.51. The van der Waals surface area contributed by atoms with Crippen LogP contribution in [0.25, 0.3) is 0 Å². The molecule has 3 rings (SSSR count). The van der Waals surface area contributed by atoms with Crippen LogP contribution in [0.15, 0.2) is 29.3 Å². The third-order valence-electron chi connectivity index (χ3n) is 8.10. The molecule has 2 aliphatic rings. The molecular formula is C28H44ClN3O2. The van der Waals surface area contributed by atoms with E-state index in [1.165, 1.54) is 18.4 Å². The maximum Gasteiger partial charge on any atom is 0.333 e. The Morgan fingerprint density at radius 2 is 1.79 bits per heavy atom. The first-order valence-corrected chi connectivity index (χ1v) is 13.7. The third-order valence-corrected chi connectivity index (χ3v) is 8.35. The van der Waals surface area contributed by atoms with E-state index in [1.807, 2.05) is 18.5 Å². The minimum absolute atomic E-state index is 0.0226. The number of hydrogen-bond acceptors (Lipinski definition) is 4. The van der Waals surface area contributed by atoms with Crippen LogP contribution in [0.5, 0.6) is 0 Å². The van der Waals surface area contributed by atoms with E-state index in [0.717, 1.165) is 56.5 Å². The Morgan fingerprint density at radius 1 is 1.15 bits per heavy atom. The number of nitrogens with zero attached hydrogens (tertiary/aromatic N) is 3. The van der Waals surface area contributed by atoms with Gasteiger partial charge in [0.25, 0.3) is 0 Å².